The Morgan fingerprint density at radius 3 is 2.72 bits per heavy atom. The van der Waals surface area contributed by atoms with Crippen LogP contribution in [0.4, 0.5) is 4.39 Å². The summed E-state index contributed by atoms with van der Waals surface area (Å²) in [7, 11) is 0. The Kier molecular flexibility index (Phi) is 3.49. The molecule has 0 N–H and O–H groups in total. The molecule has 2 aromatic carbocycles. The number of hydrogen-bond acceptors (Lipinski definition) is 5. The van der Waals surface area contributed by atoms with Gasteiger partial charge in [-0.25, -0.2) is 9.18 Å². The first-order valence-electron chi connectivity index (χ1n) is 7.78. The molecule has 25 heavy (non-hydrogen) atoms. The van der Waals surface area contributed by atoms with E-state index in [1.165, 1.54) is 12.1 Å². The van der Waals surface area contributed by atoms with Gasteiger partial charge in [0, 0.05) is 17.2 Å². The van der Waals surface area contributed by atoms with E-state index in [0.29, 0.717) is 28.1 Å². The van der Waals surface area contributed by atoms with E-state index in [2.05, 4.69) is 10.1 Å². The van der Waals surface area contributed by atoms with Crippen molar-refractivity contribution in [1.29, 1.82) is 0 Å². The molecule has 2 aromatic heterocycles. The molecule has 4 aromatic rings. The van der Waals surface area contributed by atoms with E-state index in [9.17, 15) is 9.18 Å². The SMILES string of the molecule is CC(C)n1c(=O)oc2cc(-c3noc(-c4cccc(F)c4)n3)ccc21. The Morgan fingerprint density at radius 1 is 1.12 bits per heavy atom. The van der Waals surface area contributed by atoms with E-state index >= 15 is 0 Å². The molecule has 0 spiro atoms. The Bertz CT molecular complexity index is 1120. The molecule has 0 atom stereocenters. The number of rotatable bonds is 3. The van der Waals surface area contributed by atoms with Gasteiger partial charge in [0.25, 0.3) is 5.89 Å². The quantitative estimate of drug-likeness (QED) is 0.563. The highest BCUT2D eigenvalue weighted by Crippen LogP contribution is 2.26. The molecule has 0 aliphatic heterocycles. The average molecular weight is 339 g/mol. The van der Waals surface area contributed by atoms with Crippen molar-refractivity contribution in [3.05, 3.63) is 58.8 Å². The predicted octanol–water partition coefficient (Wildman–Crippen LogP) is 4.03. The fraction of sp³-hybridized carbons (Fsp3) is 0.167. The Hall–Kier alpha value is -3.22. The van der Waals surface area contributed by atoms with E-state index in [-0.39, 0.29) is 17.7 Å². The summed E-state index contributed by atoms with van der Waals surface area (Å²) in [6.45, 7) is 3.82. The standard InChI is InChI=1S/C18H14FN3O3/c1-10(2)22-14-7-6-11(9-15(14)24-18(22)23)16-20-17(25-21-16)12-4-3-5-13(19)8-12/h3-10H,1-2H3. The molecule has 7 heteroatoms. The lowest BCUT2D eigenvalue weighted by Crippen LogP contribution is -2.15. The molecule has 0 saturated carbocycles. The van der Waals surface area contributed by atoms with Crippen LogP contribution in [0, 0.1) is 5.82 Å². The minimum Gasteiger partial charge on any atom is -0.408 e. The zero-order valence-corrected chi connectivity index (χ0v) is 13.6. The van der Waals surface area contributed by atoms with Gasteiger partial charge < -0.3 is 8.94 Å². The van der Waals surface area contributed by atoms with E-state index in [4.69, 9.17) is 8.94 Å². The first kappa shape index (κ1) is 15.3. The third-order valence-electron chi connectivity index (χ3n) is 3.89. The van der Waals surface area contributed by atoms with Crippen molar-refractivity contribution >= 4 is 11.1 Å². The van der Waals surface area contributed by atoms with Gasteiger partial charge in [-0.2, -0.15) is 4.98 Å². The number of benzene rings is 2. The molecular weight excluding hydrogens is 325 g/mol. The normalized spacial score (nSPS) is 11.5. The summed E-state index contributed by atoms with van der Waals surface area (Å²) in [5.74, 6) is -0.233. The van der Waals surface area contributed by atoms with Crippen LogP contribution in [0.5, 0.6) is 0 Å². The molecule has 0 unspecified atom stereocenters. The van der Waals surface area contributed by atoms with Gasteiger partial charge in [0.15, 0.2) is 5.58 Å². The van der Waals surface area contributed by atoms with E-state index < -0.39 is 5.76 Å². The zero-order valence-electron chi connectivity index (χ0n) is 13.6. The van der Waals surface area contributed by atoms with E-state index in [1.807, 2.05) is 13.8 Å². The zero-order chi connectivity index (χ0) is 17.6. The van der Waals surface area contributed by atoms with Crippen molar-refractivity contribution in [1.82, 2.24) is 14.7 Å². The molecular formula is C18H14FN3O3. The molecule has 0 radical (unpaired) electrons. The van der Waals surface area contributed by atoms with E-state index in [0.717, 1.165) is 0 Å². The lowest BCUT2D eigenvalue weighted by atomic mass is 10.2. The highest BCUT2D eigenvalue weighted by atomic mass is 19.1. The summed E-state index contributed by atoms with van der Waals surface area (Å²) in [6.07, 6.45) is 0. The maximum Gasteiger partial charge on any atom is 0.420 e. The molecule has 4 rings (SSSR count). The molecule has 2 heterocycles. The largest absolute Gasteiger partial charge is 0.420 e. The Labute approximate surface area is 141 Å². The van der Waals surface area contributed by atoms with Crippen molar-refractivity contribution in [2.45, 2.75) is 19.9 Å². The molecule has 0 fully saturated rings. The molecule has 126 valence electrons. The van der Waals surface area contributed by atoms with Crippen molar-refractivity contribution in [2.24, 2.45) is 0 Å². The molecule has 0 amide bonds. The molecule has 0 aliphatic carbocycles. The van der Waals surface area contributed by atoms with Crippen molar-refractivity contribution < 1.29 is 13.3 Å². The van der Waals surface area contributed by atoms with Crippen LogP contribution in [0.3, 0.4) is 0 Å². The highest BCUT2D eigenvalue weighted by molar-refractivity contribution is 5.79. The van der Waals surface area contributed by atoms with Gasteiger partial charge in [-0.05, 0) is 50.2 Å². The van der Waals surface area contributed by atoms with E-state index in [1.54, 1.807) is 34.9 Å². The number of hydrogen-bond donors (Lipinski definition) is 0. The summed E-state index contributed by atoms with van der Waals surface area (Å²) in [6, 6.07) is 11.2. The number of fused-ring (bicyclic) bond motifs is 1. The summed E-state index contributed by atoms with van der Waals surface area (Å²) in [4.78, 5) is 16.3. The maximum absolute atomic E-state index is 13.3. The fourth-order valence-electron chi connectivity index (χ4n) is 2.74. The number of nitrogens with zero attached hydrogens (tertiary/aromatic N) is 3. The van der Waals surface area contributed by atoms with Crippen LogP contribution in [0.1, 0.15) is 19.9 Å². The first-order valence-corrected chi connectivity index (χ1v) is 7.78. The minimum atomic E-state index is -0.407. The maximum atomic E-state index is 13.3. The summed E-state index contributed by atoms with van der Waals surface area (Å²) < 4.78 is 25.4. The van der Waals surface area contributed by atoms with Crippen molar-refractivity contribution in [2.75, 3.05) is 0 Å². The lowest BCUT2D eigenvalue weighted by Gasteiger charge is -2.04. The summed E-state index contributed by atoms with van der Waals surface area (Å²) in [5.41, 5.74) is 2.30. The third-order valence-corrected chi connectivity index (χ3v) is 3.89. The van der Waals surface area contributed by atoms with Crippen LogP contribution in [-0.4, -0.2) is 14.7 Å². The monoisotopic (exact) mass is 339 g/mol. The van der Waals surface area contributed by atoms with Gasteiger partial charge in [-0.3, -0.25) is 4.57 Å². The molecule has 0 saturated heterocycles. The number of halogens is 1. The predicted molar refractivity (Wildman–Crippen MR) is 89.5 cm³/mol. The number of aromatic nitrogens is 3. The van der Waals surface area contributed by atoms with Gasteiger partial charge in [0.2, 0.25) is 5.82 Å². The van der Waals surface area contributed by atoms with Gasteiger partial charge in [-0.1, -0.05) is 11.2 Å². The van der Waals surface area contributed by atoms with Gasteiger partial charge in [-0.15, -0.1) is 0 Å². The molecule has 6 nitrogen and oxygen atoms in total. The van der Waals surface area contributed by atoms with Crippen LogP contribution in [0.25, 0.3) is 33.9 Å². The van der Waals surface area contributed by atoms with Gasteiger partial charge >= 0.3 is 5.76 Å². The van der Waals surface area contributed by atoms with Crippen LogP contribution < -0.4 is 5.76 Å². The van der Waals surface area contributed by atoms with Crippen LogP contribution in [0.15, 0.2) is 56.2 Å². The summed E-state index contributed by atoms with van der Waals surface area (Å²) in [5, 5.41) is 3.93. The fourth-order valence-corrected chi connectivity index (χ4v) is 2.74. The Morgan fingerprint density at radius 2 is 1.96 bits per heavy atom. The second kappa shape index (κ2) is 5.70. The first-order chi connectivity index (χ1) is 12.0. The number of oxazole rings is 1. The second-order valence-electron chi connectivity index (χ2n) is 5.95. The van der Waals surface area contributed by atoms with Crippen LogP contribution in [-0.2, 0) is 0 Å². The summed E-state index contributed by atoms with van der Waals surface area (Å²) >= 11 is 0. The van der Waals surface area contributed by atoms with Crippen molar-refractivity contribution in [3.63, 3.8) is 0 Å². The minimum absolute atomic E-state index is 0.00986. The lowest BCUT2D eigenvalue weighted by molar-refractivity contribution is 0.432. The van der Waals surface area contributed by atoms with Gasteiger partial charge in [0.05, 0.1) is 5.52 Å². The van der Waals surface area contributed by atoms with Crippen LogP contribution in [0.2, 0.25) is 0 Å². The topological polar surface area (TPSA) is 74.1 Å². The molecule has 0 bridgehead atoms. The third kappa shape index (κ3) is 2.63. The highest BCUT2D eigenvalue weighted by Gasteiger charge is 2.16. The van der Waals surface area contributed by atoms with Crippen LogP contribution >= 0.6 is 0 Å². The van der Waals surface area contributed by atoms with Crippen molar-refractivity contribution in [3.8, 4) is 22.8 Å². The van der Waals surface area contributed by atoms with Gasteiger partial charge in [0.1, 0.15) is 5.82 Å². The Balaban J connectivity index is 1.77. The second-order valence-corrected chi connectivity index (χ2v) is 5.95. The molecule has 0 aliphatic rings. The smallest absolute Gasteiger partial charge is 0.408 e. The average Bonchev–Trinajstić information content (AvgIpc) is 3.17.